The van der Waals surface area contributed by atoms with Crippen LogP contribution in [0.3, 0.4) is 0 Å². The van der Waals surface area contributed by atoms with Crippen molar-refractivity contribution >= 4 is 12.0 Å². The predicted molar refractivity (Wildman–Crippen MR) is 75.9 cm³/mol. The molecule has 0 saturated heterocycles. The Morgan fingerprint density at radius 3 is 2.76 bits per heavy atom. The van der Waals surface area contributed by atoms with Crippen molar-refractivity contribution in [3.05, 3.63) is 17.5 Å². The maximum absolute atomic E-state index is 11.7. The molecule has 1 rings (SSSR count). The van der Waals surface area contributed by atoms with Gasteiger partial charge < -0.3 is 20.5 Å². The monoisotopic (exact) mass is 298 g/mol. The second-order valence-electron chi connectivity index (χ2n) is 4.77. The fourth-order valence-electron chi connectivity index (χ4n) is 1.90. The number of aryl methyl sites for hydroxylation is 2. The molecule has 1 aromatic heterocycles. The van der Waals surface area contributed by atoms with Crippen LogP contribution >= 0.6 is 0 Å². The van der Waals surface area contributed by atoms with Crippen molar-refractivity contribution in [3.63, 3.8) is 0 Å². The van der Waals surface area contributed by atoms with Gasteiger partial charge >= 0.3 is 12.0 Å². The summed E-state index contributed by atoms with van der Waals surface area (Å²) >= 11 is 0. The third-order valence-corrected chi connectivity index (χ3v) is 3.00. The molecule has 8 heteroatoms. The van der Waals surface area contributed by atoms with Crippen LogP contribution in [-0.2, 0) is 23.1 Å². The fourth-order valence-corrected chi connectivity index (χ4v) is 1.90. The Bertz CT molecular complexity index is 487. The van der Waals surface area contributed by atoms with E-state index in [0.717, 1.165) is 11.3 Å². The number of rotatable bonds is 8. The summed E-state index contributed by atoms with van der Waals surface area (Å²) in [7, 11) is 3.35. The van der Waals surface area contributed by atoms with Crippen molar-refractivity contribution in [1.82, 2.24) is 20.4 Å². The molecule has 3 N–H and O–H groups in total. The number of ether oxygens (including phenoxy) is 1. The maximum atomic E-state index is 11.7. The molecular formula is C13H22N4O4. The molecule has 0 radical (unpaired) electrons. The summed E-state index contributed by atoms with van der Waals surface area (Å²) in [5.41, 5.74) is 1.71. The second kappa shape index (κ2) is 8.25. The lowest BCUT2D eigenvalue weighted by Gasteiger charge is -2.14. The van der Waals surface area contributed by atoms with Crippen molar-refractivity contribution in [1.29, 1.82) is 0 Å². The largest absolute Gasteiger partial charge is 0.480 e. The quantitative estimate of drug-likeness (QED) is 0.603. The number of methoxy groups -OCH3 is 1. The van der Waals surface area contributed by atoms with Gasteiger partial charge in [-0.3, -0.25) is 4.68 Å². The minimum Gasteiger partial charge on any atom is -0.480 e. The Kier molecular flexibility index (Phi) is 6.67. The molecule has 0 aliphatic heterocycles. The molecule has 2 amide bonds. The zero-order chi connectivity index (χ0) is 15.8. The van der Waals surface area contributed by atoms with Gasteiger partial charge in [-0.05, 0) is 19.8 Å². The minimum atomic E-state index is -1.06. The zero-order valence-corrected chi connectivity index (χ0v) is 12.5. The Morgan fingerprint density at radius 2 is 2.24 bits per heavy atom. The highest BCUT2D eigenvalue weighted by Crippen LogP contribution is 2.04. The summed E-state index contributed by atoms with van der Waals surface area (Å²) in [5, 5.41) is 18.3. The number of nitrogens with zero attached hydrogens (tertiary/aromatic N) is 2. The van der Waals surface area contributed by atoms with Gasteiger partial charge in [-0.2, -0.15) is 5.10 Å². The predicted octanol–water partition coefficient (Wildman–Crippen LogP) is 0.408. The number of aromatic nitrogens is 2. The third kappa shape index (κ3) is 5.82. The van der Waals surface area contributed by atoms with E-state index in [4.69, 9.17) is 9.84 Å². The molecule has 0 fully saturated rings. The fraction of sp³-hybridized carbons (Fsp3) is 0.615. The van der Waals surface area contributed by atoms with Gasteiger partial charge in [0.25, 0.3) is 0 Å². The first kappa shape index (κ1) is 17.0. The van der Waals surface area contributed by atoms with E-state index >= 15 is 0 Å². The van der Waals surface area contributed by atoms with Crippen LogP contribution in [0.1, 0.15) is 24.1 Å². The maximum Gasteiger partial charge on any atom is 0.326 e. The van der Waals surface area contributed by atoms with E-state index in [1.807, 2.05) is 13.1 Å². The average Bonchev–Trinajstić information content (AvgIpc) is 2.73. The van der Waals surface area contributed by atoms with E-state index in [0.29, 0.717) is 26.0 Å². The molecule has 0 aliphatic rings. The molecule has 8 nitrogen and oxygen atoms in total. The van der Waals surface area contributed by atoms with Gasteiger partial charge in [-0.15, -0.1) is 0 Å². The highest BCUT2D eigenvalue weighted by atomic mass is 16.5. The smallest absolute Gasteiger partial charge is 0.326 e. The molecule has 0 spiro atoms. The molecule has 21 heavy (non-hydrogen) atoms. The van der Waals surface area contributed by atoms with Crippen LogP contribution in [0.4, 0.5) is 4.79 Å². The van der Waals surface area contributed by atoms with E-state index in [2.05, 4.69) is 15.7 Å². The second-order valence-corrected chi connectivity index (χ2v) is 4.77. The molecule has 1 heterocycles. The summed E-state index contributed by atoms with van der Waals surface area (Å²) < 4.78 is 6.53. The van der Waals surface area contributed by atoms with Crippen LogP contribution in [0.2, 0.25) is 0 Å². The van der Waals surface area contributed by atoms with E-state index < -0.39 is 18.0 Å². The Morgan fingerprint density at radius 1 is 1.52 bits per heavy atom. The Labute approximate surface area is 123 Å². The number of carboxylic acids is 1. The molecule has 0 bridgehead atoms. The molecule has 118 valence electrons. The highest BCUT2D eigenvalue weighted by molar-refractivity contribution is 5.82. The lowest BCUT2D eigenvalue weighted by molar-refractivity contribution is -0.139. The number of carbonyl (C=O) groups is 2. The Balaban J connectivity index is 2.43. The SMILES string of the molecule is COCCCC(NC(=O)NCc1cn(C)nc1C)C(=O)O. The van der Waals surface area contributed by atoms with Gasteiger partial charge in [0.05, 0.1) is 5.69 Å². The van der Waals surface area contributed by atoms with E-state index in [1.54, 1.807) is 18.8 Å². The first-order valence-electron chi connectivity index (χ1n) is 6.69. The van der Waals surface area contributed by atoms with Crippen molar-refractivity contribution in [2.24, 2.45) is 7.05 Å². The summed E-state index contributed by atoms with van der Waals surface area (Å²) in [5.74, 6) is -1.06. The van der Waals surface area contributed by atoms with E-state index in [1.165, 1.54) is 0 Å². The van der Waals surface area contributed by atoms with Crippen molar-refractivity contribution < 1.29 is 19.4 Å². The average molecular weight is 298 g/mol. The summed E-state index contributed by atoms with van der Waals surface area (Å²) in [6.07, 6.45) is 2.70. The van der Waals surface area contributed by atoms with Crippen LogP contribution in [0.25, 0.3) is 0 Å². The summed E-state index contributed by atoms with van der Waals surface area (Å²) in [6, 6.07) is -1.43. The van der Waals surface area contributed by atoms with Crippen LogP contribution in [0.15, 0.2) is 6.20 Å². The molecule has 1 aromatic rings. The number of aliphatic carboxylic acids is 1. The summed E-state index contributed by atoms with van der Waals surface area (Å²) in [6.45, 7) is 2.61. The minimum absolute atomic E-state index is 0.302. The molecule has 0 saturated carbocycles. The van der Waals surface area contributed by atoms with Gasteiger partial charge in [0.2, 0.25) is 0 Å². The van der Waals surface area contributed by atoms with Crippen molar-refractivity contribution in [2.45, 2.75) is 32.4 Å². The summed E-state index contributed by atoms with van der Waals surface area (Å²) in [4.78, 5) is 22.8. The number of hydrogen-bond donors (Lipinski definition) is 3. The van der Waals surface area contributed by atoms with Crippen LogP contribution in [-0.4, -0.2) is 46.6 Å². The van der Waals surface area contributed by atoms with Gasteiger partial charge in [0.15, 0.2) is 0 Å². The third-order valence-electron chi connectivity index (χ3n) is 3.00. The molecule has 1 atom stereocenters. The molecule has 0 aromatic carbocycles. The first-order chi connectivity index (χ1) is 9.93. The van der Waals surface area contributed by atoms with Crippen LogP contribution < -0.4 is 10.6 Å². The van der Waals surface area contributed by atoms with Crippen LogP contribution in [0, 0.1) is 6.92 Å². The standard InChI is InChI=1S/C13H22N4O4/c1-9-10(8-17(2)16-9)7-14-13(20)15-11(12(18)19)5-4-6-21-3/h8,11H,4-7H2,1-3H3,(H,18,19)(H2,14,15,20). The first-order valence-corrected chi connectivity index (χ1v) is 6.69. The highest BCUT2D eigenvalue weighted by Gasteiger charge is 2.19. The molecular weight excluding hydrogens is 276 g/mol. The molecule has 0 aliphatic carbocycles. The number of carbonyl (C=O) groups excluding carboxylic acids is 1. The van der Waals surface area contributed by atoms with Gasteiger partial charge in [0.1, 0.15) is 6.04 Å². The lowest BCUT2D eigenvalue weighted by Crippen LogP contribution is -2.45. The van der Waals surface area contributed by atoms with Gasteiger partial charge in [-0.25, -0.2) is 9.59 Å². The van der Waals surface area contributed by atoms with E-state index in [9.17, 15) is 9.59 Å². The number of urea groups is 1. The van der Waals surface area contributed by atoms with E-state index in [-0.39, 0.29) is 0 Å². The van der Waals surface area contributed by atoms with Gasteiger partial charge in [-0.1, -0.05) is 0 Å². The van der Waals surface area contributed by atoms with Crippen molar-refractivity contribution in [3.8, 4) is 0 Å². The number of amides is 2. The number of hydrogen-bond acceptors (Lipinski definition) is 4. The van der Waals surface area contributed by atoms with Crippen LogP contribution in [0.5, 0.6) is 0 Å². The number of carboxylic acid groups (broad SMARTS) is 1. The van der Waals surface area contributed by atoms with Gasteiger partial charge in [0, 0.05) is 39.1 Å². The Hall–Kier alpha value is -2.09. The topological polar surface area (TPSA) is 105 Å². The zero-order valence-electron chi connectivity index (χ0n) is 12.5. The molecule has 1 unspecified atom stereocenters. The normalized spacial score (nSPS) is 12.0. The number of nitrogens with one attached hydrogen (secondary N) is 2. The lowest BCUT2D eigenvalue weighted by atomic mass is 10.1. The van der Waals surface area contributed by atoms with Crippen molar-refractivity contribution in [2.75, 3.05) is 13.7 Å².